The third kappa shape index (κ3) is 1.79. The van der Waals surface area contributed by atoms with E-state index in [1.54, 1.807) is 10.8 Å². The number of rotatable bonds is 2. The van der Waals surface area contributed by atoms with Gasteiger partial charge >= 0.3 is 4.87 Å². The number of thiazole rings is 1. The molecule has 0 saturated carbocycles. The maximum absolute atomic E-state index is 12.0. The lowest BCUT2D eigenvalue weighted by Gasteiger charge is -2.13. The summed E-state index contributed by atoms with van der Waals surface area (Å²) >= 11 is 1.13. The monoisotopic (exact) mass is 266 g/mol. The van der Waals surface area contributed by atoms with Crippen molar-refractivity contribution < 1.29 is 4.74 Å². The molecule has 0 bridgehead atoms. The molecule has 2 atom stereocenters. The average molecular weight is 266 g/mol. The van der Waals surface area contributed by atoms with E-state index < -0.39 is 0 Å². The van der Waals surface area contributed by atoms with Crippen molar-refractivity contribution in [2.24, 2.45) is 0 Å². The van der Waals surface area contributed by atoms with E-state index in [9.17, 15) is 4.79 Å². The van der Waals surface area contributed by atoms with Crippen molar-refractivity contribution in [2.45, 2.75) is 38.5 Å². The predicted molar refractivity (Wildman–Crippen MR) is 69.5 cm³/mol. The summed E-state index contributed by atoms with van der Waals surface area (Å²) in [6.07, 6.45) is 4.39. The fourth-order valence-corrected chi connectivity index (χ4v) is 3.11. The molecule has 96 valence electrons. The molecule has 7 heteroatoms. The van der Waals surface area contributed by atoms with E-state index in [1.165, 1.54) is 0 Å². The zero-order valence-electron chi connectivity index (χ0n) is 10.00. The molecule has 3 rings (SSSR count). The number of nitrogen functional groups attached to an aromatic ring is 1. The van der Waals surface area contributed by atoms with Crippen molar-refractivity contribution in [1.82, 2.24) is 14.5 Å². The highest BCUT2D eigenvalue weighted by molar-refractivity contribution is 7.16. The summed E-state index contributed by atoms with van der Waals surface area (Å²) in [5.74, 6) is 0.180. The van der Waals surface area contributed by atoms with Crippen molar-refractivity contribution in [2.75, 3.05) is 5.73 Å². The second kappa shape index (κ2) is 4.33. The fourth-order valence-electron chi connectivity index (χ4n) is 2.28. The SMILES string of the molecule is CCC1CCC(n2c(=O)sc3cnc(N)nc32)O1. The molecule has 2 aromatic rings. The molecule has 6 nitrogen and oxygen atoms in total. The van der Waals surface area contributed by atoms with Crippen LogP contribution in [0.5, 0.6) is 0 Å². The van der Waals surface area contributed by atoms with Gasteiger partial charge in [-0.3, -0.25) is 9.36 Å². The van der Waals surface area contributed by atoms with Crippen molar-refractivity contribution >= 4 is 27.6 Å². The van der Waals surface area contributed by atoms with Gasteiger partial charge in [0.05, 0.1) is 17.0 Å². The van der Waals surface area contributed by atoms with Crippen LogP contribution >= 0.6 is 11.3 Å². The molecular formula is C11H14N4O2S. The van der Waals surface area contributed by atoms with Crippen LogP contribution in [-0.4, -0.2) is 20.6 Å². The van der Waals surface area contributed by atoms with E-state index in [1.807, 2.05) is 0 Å². The highest BCUT2D eigenvalue weighted by atomic mass is 32.1. The summed E-state index contributed by atoms with van der Waals surface area (Å²) in [5.41, 5.74) is 6.16. The lowest BCUT2D eigenvalue weighted by molar-refractivity contribution is 0.00199. The van der Waals surface area contributed by atoms with Gasteiger partial charge in [0.15, 0.2) is 5.65 Å². The minimum Gasteiger partial charge on any atom is -0.368 e. The second-order valence-corrected chi connectivity index (χ2v) is 5.35. The average Bonchev–Trinajstić information content (AvgIpc) is 2.92. The molecule has 1 aliphatic rings. The summed E-state index contributed by atoms with van der Waals surface area (Å²) in [6, 6.07) is 0. The number of anilines is 1. The van der Waals surface area contributed by atoms with Crippen LogP contribution in [0.2, 0.25) is 0 Å². The van der Waals surface area contributed by atoms with Crippen molar-refractivity contribution in [3.8, 4) is 0 Å². The lowest BCUT2D eigenvalue weighted by Crippen LogP contribution is -2.20. The standard InChI is InChI=1S/C11H14N4O2S/c1-2-6-3-4-8(17-6)15-9-7(18-11(15)16)5-13-10(12)14-9/h5-6,8H,2-4H2,1H3,(H2,12,13,14). The minimum atomic E-state index is -0.217. The van der Waals surface area contributed by atoms with E-state index >= 15 is 0 Å². The molecular weight excluding hydrogens is 252 g/mol. The van der Waals surface area contributed by atoms with Gasteiger partial charge in [0.1, 0.15) is 6.23 Å². The van der Waals surface area contributed by atoms with Gasteiger partial charge in [0.25, 0.3) is 0 Å². The number of nitrogens with zero attached hydrogens (tertiary/aromatic N) is 3. The number of nitrogens with two attached hydrogens (primary N) is 1. The first kappa shape index (κ1) is 11.6. The number of aromatic nitrogens is 3. The summed E-state index contributed by atoms with van der Waals surface area (Å²) in [6.45, 7) is 2.09. The Labute approximate surface area is 107 Å². The summed E-state index contributed by atoms with van der Waals surface area (Å²) < 4.78 is 8.20. The Balaban J connectivity index is 2.08. The van der Waals surface area contributed by atoms with Crippen molar-refractivity contribution in [1.29, 1.82) is 0 Å². The molecule has 1 saturated heterocycles. The summed E-state index contributed by atoms with van der Waals surface area (Å²) in [7, 11) is 0. The maximum atomic E-state index is 12.0. The Hall–Kier alpha value is -1.47. The quantitative estimate of drug-likeness (QED) is 0.891. The smallest absolute Gasteiger partial charge is 0.311 e. The van der Waals surface area contributed by atoms with Crippen LogP contribution in [0.1, 0.15) is 32.4 Å². The molecule has 0 spiro atoms. The van der Waals surface area contributed by atoms with E-state index in [4.69, 9.17) is 10.5 Å². The van der Waals surface area contributed by atoms with E-state index in [0.29, 0.717) is 5.65 Å². The molecule has 2 N–H and O–H groups in total. The normalized spacial score (nSPS) is 23.8. The first-order valence-corrected chi connectivity index (χ1v) is 6.79. The first-order valence-electron chi connectivity index (χ1n) is 5.98. The Morgan fingerprint density at radius 3 is 3.17 bits per heavy atom. The lowest BCUT2D eigenvalue weighted by atomic mass is 10.2. The number of hydrogen-bond donors (Lipinski definition) is 1. The van der Waals surface area contributed by atoms with Gasteiger partial charge in [0, 0.05) is 0 Å². The van der Waals surface area contributed by atoms with Crippen LogP contribution < -0.4 is 10.6 Å². The Bertz CT molecular complexity index is 635. The molecule has 2 unspecified atom stereocenters. The number of hydrogen-bond acceptors (Lipinski definition) is 6. The Morgan fingerprint density at radius 1 is 1.61 bits per heavy atom. The van der Waals surface area contributed by atoms with Crippen molar-refractivity contribution in [3.63, 3.8) is 0 Å². The van der Waals surface area contributed by atoms with Crippen LogP contribution in [0.25, 0.3) is 10.3 Å². The zero-order valence-corrected chi connectivity index (χ0v) is 10.8. The molecule has 0 aliphatic carbocycles. The van der Waals surface area contributed by atoms with E-state index in [2.05, 4.69) is 16.9 Å². The van der Waals surface area contributed by atoms with Gasteiger partial charge < -0.3 is 10.5 Å². The molecule has 1 fully saturated rings. The van der Waals surface area contributed by atoms with Crippen LogP contribution in [0.15, 0.2) is 11.0 Å². The highest BCUT2D eigenvalue weighted by Gasteiger charge is 2.28. The largest absolute Gasteiger partial charge is 0.368 e. The zero-order chi connectivity index (χ0) is 12.7. The molecule has 0 aromatic carbocycles. The molecule has 3 heterocycles. The minimum absolute atomic E-state index is 0.0633. The molecule has 0 radical (unpaired) electrons. The molecule has 0 amide bonds. The first-order chi connectivity index (χ1) is 8.69. The predicted octanol–water partition coefficient (Wildman–Crippen LogP) is 1.52. The Morgan fingerprint density at radius 2 is 2.44 bits per heavy atom. The molecule has 18 heavy (non-hydrogen) atoms. The van der Waals surface area contributed by atoms with Gasteiger partial charge in [-0.25, -0.2) is 4.98 Å². The number of ether oxygens (including phenoxy) is 1. The topological polar surface area (TPSA) is 83.0 Å². The Kier molecular flexibility index (Phi) is 2.79. The molecule has 1 aliphatic heterocycles. The highest BCUT2D eigenvalue weighted by Crippen LogP contribution is 2.31. The van der Waals surface area contributed by atoms with E-state index in [-0.39, 0.29) is 23.2 Å². The second-order valence-electron chi connectivity index (χ2n) is 4.35. The third-order valence-electron chi connectivity index (χ3n) is 3.21. The van der Waals surface area contributed by atoms with Crippen LogP contribution in [0.4, 0.5) is 5.95 Å². The summed E-state index contributed by atoms with van der Waals surface area (Å²) in [5, 5.41) is 0. The van der Waals surface area contributed by atoms with Gasteiger partial charge in [0.2, 0.25) is 5.95 Å². The van der Waals surface area contributed by atoms with Gasteiger partial charge in [-0.1, -0.05) is 18.3 Å². The third-order valence-corrected chi connectivity index (χ3v) is 4.08. The van der Waals surface area contributed by atoms with Gasteiger partial charge in [-0.2, -0.15) is 4.98 Å². The maximum Gasteiger partial charge on any atom is 0.311 e. The number of fused-ring (bicyclic) bond motifs is 1. The summed E-state index contributed by atoms with van der Waals surface area (Å²) in [4.78, 5) is 20.0. The van der Waals surface area contributed by atoms with E-state index in [0.717, 1.165) is 35.3 Å². The van der Waals surface area contributed by atoms with Crippen LogP contribution in [-0.2, 0) is 4.74 Å². The van der Waals surface area contributed by atoms with Gasteiger partial charge in [-0.15, -0.1) is 0 Å². The van der Waals surface area contributed by atoms with Gasteiger partial charge in [-0.05, 0) is 19.3 Å². The van der Waals surface area contributed by atoms with Crippen LogP contribution in [0.3, 0.4) is 0 Å². The fraction of sp³-hybridized carbons (Fsp3) is 0.545. The van der Waals surface area contributed by atoms with Crippen LogP contribution in [0, 0.1) is 0 Å². The van der Waals surface area contributed by atoms with Crippen molar-refractivity contribution in [3.05, 3.63) is 15.9 Å². The molecule has 2 aromatic heterocycles.